The molecule has 0 aliphatic rings. The number of imidazole rings is 2. The van der Waals surface area contributed by atoms with Crippen molar-refractivity contribution in [2.75, 3.05) is 13.1 Å². The number of amides is 3. The molecule has 0 fully saturated rings. The van der Waals surface area contributed by atoms with Gasteiger partial charge >= 0.3 is 35.9 Å². The summed E-state index contributed by atoms with van der Waals surface area (Å²) in [6.45, 7) is 15.3. The molecule has 59 heavy (non-hydrogen) atoms. The zero-order valence-electron chi connectivity index (χ0n) is 35.7. The lowest BCUT2D eigenvalue weighted by molar-refractivity contribution is -0.159. The van der Waals surface area contributed by atoms with Gasteiger partial charge in [0.25, 0.3) is 0 Å². The number of nitrogens with one attached hydrogen (secondary N) is 3. The fourth-order valence-corrected chi connectivity index (χ4v) is 5.48. The molecule has 0 aliphatic carbocycles. The highest BCUT2D eigenvalue weighted by Crippen LogP contribution is 2.16. The second-order valence-corrected chi connectivity index (χ2v) is 17.0. The highest BCUT2D eigenvalue weighted by Gasteiger charge is 2.31. The maximum atomic E-state index is 13.2. The first-order valence-corrected chi connectivity index (χ1v) is 19.5. The summed E-state index contributed by atoms with van der Waals surface area (Å²) in [6, 6.07) is -3.20. The number of urea groups is 1. The molecule has 20 heteroatoms. The van der Waals surface area contributed by atoms with Crippen LogP contribution in [0.25, 0.3) is 0 Å². The van der Waals surface area contributed by atoms with Gasteiger partial charge in [-0.25, -0.2) is 24.4 Å². The van der Waals surface area contributed by atoms with Gasteiger partial charge < -0.3 is 49.5 Å². The fourth-order valence-electron chi connectivity index (χ4n) is 5.48. The number of carbonyl (C=O) groups is 7. The van der Waals surface area contributed by atoms with Gasteiger partial charge in [-0.3, -0.25) is 24.1 Å². The van der Waals surface area contributed by atoms with Crippen LogP contribution in [0.2, 0.25) is 0 Å². The summed E-state index contributed by atoms with van der Waals surface area (Å²) >= 11 is 0. The van der Waals surface area contributed by atoms with E-state index < -0.39 is 64.8 Å². The number of carbonyl (C=O) groups excluding carboxylic acids is 5. The van der Waals surface area contributed by atoms with E-state index in [4.69, 9.17) is 14.2 Å². The minimum absolute atomic E-state index is 0.0360. The maximum Gasteiger partial charge on any atom is 0.329 e. The van der Waals surface area contributed by atoms with Gasteiger partial charge in [0.15, 0.2) is 0 Å². The minimum Gasteiger partial charge on any atom is -0.480 e. The summed E-state index contributed by atoms with van der Waals surface area (Å²) in [6.07, 6.45) is 6.68. The Morgan fingerprint density at radius 3 is 1.58 bits per heavy atom. The van der Waals surface area contributed by atoms with E-state index in [0.717, 1.165) is 0 Å². The predicted octanol–water partition coefficient (Wildman–Crippen LogP) is 2.77. The van der Waals surface area contributed by atoms with Gasteiger partial charge in [0.2, 0.25) is 5.91 Å². The number of esters is 3. The van der Waals surface area contributed by atoms with Crippen LogP contribution in [0, 0.1) is 0 Å². The fraction of sp³-hybridized carbons (Fsp3) is 0.667. The van der Waals surface area contributed by atoms with Gasteiger partial charge in [-0.2, -0.15) is 0 Å². The minimum atomic E-state index is -1.23. The van der Waals surface area contributed by atoms with Gasteiger partial charge in [-0.15, -0.1) is 0 Å². The molecule has 0 bridgehead atoms. The first-order chi connectivity index (χ1) is 27.3. The second kappa shape index (κ2) is 22.6. The van der Waals surface area contributed by atoms with E-state index in [1.165, 1.54) is 33.9 Å². The summed E-state index contributed by atoms with van der Waals surface area (Å²) in [7, 11) is 0. The molecule has 2 atom stereocenters. The van der Waals surface area contributed by atoms with Gasteiger partial charge in [0.1, 0.15) is 53.6 Å². The van der Waals surface area contributed by atoms with Gasteiger partial charge in [-0.05, 0) is 88.0 Å². The Kier molecular flexibility index (Phi) is 19.0. The Bertz CT molecular complexity index is 1680. The Morgan fingerprint density at radius 1 is 0.678 bits per heavy atom. The number of carboxylic acid groups (broad SMARTS) is 2. The largest absolute Gasteiger partial charge is 0.480 e. The molecule has 0 spiro atoms. The number of nitrogens with zero attached hydrogens (tertiary/aromatic N) is 5. The molecule has 2 aromatic rings. The molecule has 0 aliphatic heterocycles. The molecular formula is C39H62N8O12. The van der Waals surface area contributed by atoms with Crippen molar-refractivity contribution in [2.45, 2.75) is 156 Å². The van der Waals surface area contributed by atoms with Crippen molar-refractivity contribution in [2.24, 2.45) is 0 Å². The van der Waals surface area contributed by atoms with E-state index in [-0.39, 0.29) is 70.9 Å². The Hall–Kier alpha value is -5.53. The number of unbranched alkanes of at least 4 members (excludes halogenated alkanes) is 1. The third-order valence-electron chi connectivity index (χ3n) is 7.89. The second-order valence-electron chi connectivity index (χ2n) is 17.0. The molecule has 330 valence electrons. The van der Waals surface area contributed by atoms with Crippen molar-refractivity contribution in [3.8, 4) is 0 Å². The molecule has 0 unspecified atom stereocenters. The average Bonchev–Trinajstić information content (AvgIpc) is 3.69. The number of aromatic nitrogens is 4. The third kappa shape index (κ3) is 21.2. The Labute approximate surface area is 344 Å². The van der Waals surface area contributed by atoms with Crippen LogP contribution in [0.15, 0.2) is 24.8 Å². The third-order valence-corrected chi connectivity index (χ3v) is 7.89. The summed E-state index contributed by atoms with van der Waals surface area (Å²) in [4.78, 5) is 97.9. The van der Waals surface area contributed by atoms with Crippen LogP contribution in [-0.4, -0.2) is 118 Å². The van der Waals surface area contributed by atoms with Gasteiger partial charge in [0.05, 0.1) is 13.1 Å². The van der Waals surface area contributed by atoms with Crippen molar-refractivity contribution in [1.82, 2.24) is 40.0 Å². The maximum absolute atomic E-state index is 13.2. The van der Waals surface area contributed by atoms with Crippen molar-refractivity contribution < 1.29 is 58.0 Å². The lowest BCUT2D eigenvalue weighted by Gasteiger charge is -2.27. The van der Waals surface area contributed by atoms with Crippen LogP contribution in [0.4, 0.5) is 4.79 Å². The lowest BCUT2D eigenvalue weighted by Crippen LogP contribution is -2.53. The Balaban J connectivity index is 2.04. The molecule has 2 aromatic heterocycles. The quantitative estimate of drug-likeness (QED) is 0.0613. The molecule has 0 saturated heterocycles. The zero-order valence-corrected chi connectivity index (χ0v) is 35.7. The molecule has 5 N–H and O–H groups in total. The predicted molar refractivity (Wildman–Crippen MR) is 211 cm³/mol. The zero-order chi connectivity index (χ0) is 44.6. The molecular weight excluding hydrogens is 772 g/mol. The molecule has 0 radical (unpaired) electrons. The molecule has 2 rings (SSSR count). The molecule has 20 nitrogen and oxygen atoms in total. The van der Waals surface area contributed by atoms with Crippen LogP contribution in [0.3, 0.4) is 0 Å². The van der Waals surface area contributed by atoms with Crippen LogP contribution in [0.5, 0.6) is 0 Å². The van der Waals surface area contributed by atoms with Crippen LogP contribution < -0.4 is 16.0 Å². The topological polar surface area (TPSA) is 263 Å². The number of aliphatic carboxylic acids is 2. The van der Waals surface area contributed by atoms with E-state index in [1.807, 2.05) is 4.90 Å². The average molecular weight is 835 g/mol. The van der Waals surface area contributed by atoms with Crippen molar-refractivity contribution in [3.63, 3.8) is 0 Å². The van der Waals surface area contributed by atoms with Crippen LogP contribution in [-0.2, 0) is 69.2 Å². The number of ether oxygens (including phenoxy) is 3. The monoisotopic (exact) mass is 834 g/mol. The summed E-state index contributed by atoms with van der Waals surface area (Å²) in [5.41, 5.74) is -2.50. The number of rotatable bonds is 23. The van der Waals surface area contributed by atoms with Gasteiger partial charge in [-0.1, -0.05) is 0 Å². The summed E-state index contributed by atoms with van der Waals surface area (Å²) in [5.74, 6) is -3.56. The van der Waals surface area contributed by atoms with E-state index in [9.17, 15) is 43.8 Å². The van der Waals surface area contributed by atoms with E-state index in [2.05, 4.69) is 25.9 Å². The van der Waals surface area contributed by atoms with E-state index in [1.54, 1.807) is 62.3 Å². The van der Waals surface area contributed by atoms with Crippen LogP contribution in [0.1, 0.15) is 112 Å². The SMILES string of the molecule is CC(C)(C)OC(=O)CC[C@H](NC(=O)N[C@@H](CCCCNC(=O)CCN(Cc1nccn1CC(=O)O)Cc1nccn1CC(=O)O)C(=O)OC(C)(C)C)C(=O)OC(C)(C)C. The number of carboxylic acids is 2. The Morgan fingerprint density at radius 2 is 1.14 bits per heavy atom. The highest BCUT2D eigenvalue weighted by molar-refractivity contribution is 5.87. The lowest BCUT2D eigenvalue weighted by atomic mass is 10.1. The molecule has 3 amide bonds. The van der Waals surface area contributed by atoms with Gasteiger partial charge in [0, 0.05) is 50.7 Å². The summed E-state index contributed by atoms with van der Waals surface area (Å²) < 4.78 is 19.3. The smallest absolute Gasteiger partial charge is 0.329 e. The summed E-state index contributed by atoms with van der Waals surface area (Å²) in [5, 5.41) is 26.5. The standard InChI is InChI=1S/C39H62N8O12/c1-37(2,3)57-33(53)14-13-27(35(55)59-39(7,8)9)44-36(56)43-26(34(54)58-38(4,5)6)12-10-11-16-42-30(48)15-19-45(22-28-40-17-20-46(28)24-31(49)50)23-29-41-18-21-47(29)25-32(51)52/h17-18,20-21,26-27H,10-16,19,22-25H2,1-9H3,(H,42,48)(H,49,50)(H,51,52)(H2,43,44,56)/t26-,27-/m0/s1. The molecule has 2 heterocycles. The molecule has 0 aromatic carbocycles. The highest BCUT2D eigenvalue weighted by atomic mass is 16.6. The van der Waals surface area contributed by atoms with E-state index >= 15 is 0 Å². The normalized spacial score (nSPS) is 12.9. The number of hydrogen-bond donors (Lipinski definition) is 5. The van der Waals surface area contributed by atoms with E-state index in [0.29, 0.717) is 24.5 Å². The van der Waals surface area contributed by atoms with Crippen molar-refractivity contribution in [3.05, 3.63) is 36.4 Å². The van der Waals surface area contributed by atoms with Crippen LogP contribution >= 0.6 is 0 Å². The van der Waals surface area contributed by atoms with Crippen molar-refractivity contribution >= 4 is 41.8 Å². The molecule has 0 saturated carbocycles. The van der Waals surface area contributed by atoms with Crippen molar-refractivity contribution in [1.29, 1.82) is 0 Å². The first kappa shape index (κ1) is 49.6. The first-order valence-electron chi connectivity index (χ1n) is 19.5. The number of hydrogen-bond acceptors (Lipinski definition) is 13.